The highest BCUT2D eigenvalue weighted by Crippen LogP contribution is 2.16. The summed E-state index contributed by atoms with van der Waals surface area (Å²) in [5, 5.41) is 0. The molecule has 0 bridgehead atoms. The Morgan fingerprint density at radius 3 is 1.29 bits per heavy atom. The Morgan fingerprint density at radius 2 is 1.07 bits per heavy atom. The summed E-state index contributed by atoms with van der Waals surface area (Å²) in [7, 11) is 0. The Labute approximate surface area is 92.5 Å². The summed E-state index contributed by atoms with van der Waals surface area (Å²) in [5.74, 6) is 0. The van der Waals surface area contributed by atoms with E-state index in [1.165, 1.54) is 0 Å². The van der Waals surface area contributed by atoms with Crippen molar-refractivity contribution in [1.29, 1.82) is 0 Å². The number of ether oxygens (including phenoxy) is 3. The first kappa shape index (κ1) is 14.2. The van der Waals surface area contributed by atoms with Crippen molar-refractivity contribution in [2.45, 2.75) is 25.5 Å². The highest BCUT2D eigenvalue weighted by atomic mass is 32.1. The minimum atomic E-state index is -0.317. The molecule has 14 heavy (non-hydrogen) atoms. The van der Waals surface area contributed by atoms with Gasteiger partial charge in [0.2, 0.25) is 0 Å². The zero-order valence-electron chi connectivity index (χ0n) is 9.41. The Bertz CT molecular complexity index is 109. The van der Waals surface area contributed by atoms with Crippen LogP contribution in [0.1, 0.15) is 20.8 Å². The van der Waals surface area contributed by atoms with Crippen LogP contribution in [0.2, 0.25) is 0 Å². The van der Waals surface area contributed by atoms with Crippen LogP contribution in [0.3, 0.4) is 0 Å². The lowest BCUT2D eigenvalue weighted by atomic mass is 10.2. The molecule has 0 atom stereocenters. The van der Waals surface area contributed by atoms with E-state index in [0.717, 1.165) is 0 Å². The fourth-order valence-electron chi connectivity index (χ4n) is 1.00. The summed E-state index contributed by atoms with van der Waals surface area (Å²) in [6.45, 7) is 9.67. The van der Waals surface area contributed by atoms with Crippen molar-refractivity contribution >= 4 is 12.6 Å². The third-order valence-electron chi connectivity index (χ3n) is 1.72. The third-order valence-corrected chi connectivity index (χ3v) is 2.11. The third kappa shape index (κ3) is 6.65. The van der Waals surface area contributed by atoms with Crippen LogP contribution in [-0.4, -0.2) is 44.4 Å². The second-order valence-corrected chi connectivity index (χ2v) is 4.08. The molecule has 4 heteroatoms. The average Bonchev–Trinajstić information content (AvgIpc) is 2.21. The van der Waals surface area contributed by atoms with Gasteiger partial charge in [-0.3, -0.25) is 0 Å². The van der Waals surface area contributed by atoms with E-state index in [0.29, 0.717) is 39.6 Å². The molecule has 0 saturated heterocycles. The van der Waals surface area contributed by atoms with Gasteiger partial charge < -0.3 is 14.2 Å². The van der Waals surface area contributed by atoms with Crippen LogP contribution in [0.5, 0.6) is 0 Å². The largest absolute Gasteiger partial charge is 0.380 e. The summed E-state index contributed by atoms with van der Waals surface area (Å²) < 4.78 is 15.8. The first-order valence-corrected chi connectivity index (χ1v) is 5.58. The van der Waals surface area contributed by atoms with E-state index in [2.05, 4.69) is 12.6 Å². The second-order valence-electron chi connectivity index (χ2n) is 3.14. The standard InChI is InChI=1S/C10H22O3S/c1-4-11-7-10(14,8-12-5-2)9-13-6-3/h14H,4-9H2,1-3H3. The van der Waals surface area contributed by atoms with Gasteiger partial charge in [0.25, 0.3) is 0 Å². The molecule has 0 amide bonds. The van der Waals surface area contributed by atoms with Gasteiger partial charge in [0.15, 0.2) is 0 Å². The van der Waals surface area contributed by atoms with Crippen LogP contribution in [0, 0.1) is 0 Å². The molecule has 3 nitrogen and oxygen atoms in total. The molecule has 0 unspecified atom stereocenters. The van der Waals surface area contributed by atoms with E-state index in [-0.39, 0.29) is 4.75 Å². The Morgan fingerprint density at radius 1 is 0.786 bits per heavy atom. The molecule has 0 rings (SSSR count). The van der Waals surface area contributed by atoms with E-state index in [1.54, 1.807) is 0 Å². The first-order chi connectivity index (χ1) is 6.68. The normalized spacial score (nSPS) is 12.0. The first-order valence-electron chi connectivity index (χ1n) is 5.14. The summed E-state index contributed by atoms with van der Waals surface area (Å²) in [5.41, 5.74) is 0. The highest BCUT2D eigenvalue weighted by Gasteiger charge is 2.26. The molecule has 0 radical (unpaired) electrons. The van der Waals surface area contributed by atoms with Gasteiger partial charge in [-0.2, -0.15) is 12.6 Å². The van der Waals surface area contributed by atoms with Crippen LogP contribution in [0.15, 0.2) is 0 Å². The van der Waals surface area contributed by atoms with Crippen LogP contribution in [0.4, 0.5) is 0 Å². The Kier molecular flexibility index (Phi) is 8.67. The maximum absolute atomic E-state index is 5.36. The smallest absolute Gasteiger partial charge is 0.0828 e. The predicted octanol–water partition coefficient (Wildman–Crippen LogP) is 1.76. The number of hydrogen-bond donors (Lipinski definition) is 1. The Hall–Kier alpha value is 0.230. The molecule has 0 aliphatic rings. The predicted molar refractivity (Wildman–Crippen MR) is 61.2 cm³/mol. The molecule has 0 heterocycles. The number of rotatable bonds is 9. The lowest BCUT2D eigenvalue weighted by Gasteiger charge is -2.27. The molecule has 86 valence electrons. The summed E-state index contributed by atoms with van der Waals surface area (Å²) in [6, 6.07) is 0. The van der Waals surface area contributed by atoms with Crippen molar-refractivity contribution in [3.63, 3.8) is 0 Å². The summed E-state index contributed by atoms with van der Waals surface area (Å²) in [6.07, 6.45) is 0. The van der Waals surface area contributed by atoms with Gasteiger partial charge in [0.1, 0.15) is 0 Å². The van der Waals surface area contributed by atoms with Gasteiger partial charge in [-0.15, -0.1) is 0 Å². The molecule has 0 aliphatic carbocycles. The molecule has 0 N–H and O–H groups in total. The monoisotopic (exact) mass is 222 g/mol. The van der Waals surface area contributed by atoms with E-state index < -0.39 is 0 Å². The minimum absolute atomic E-state index is 0.317. The zero-order chi connectivity index (χ0) is 10.9. The molecule has 0 aromatic carbocycles. The topological polar surface area (TPSA) is 27.7 Å². The quantitative estimate of drug-likeness (QED) is 0.602. The van der Waals surface area contributed by atoms with Crippen molar-refractivity contribution in [3.05, 3.63) is 0 Å². The van der Waals surface area contributed by atoms with Crippen LogP contribution >= 0.6 is 12.6 Å². The van der Waals surface area contributed by atoms with E-state index >= 15 is 0 Å². The van der Waals surface area contributed by atoms with Gasteiger partial charge in [0.05, 0.1) is 24.6 Å². The summed E-state index contributed by atoms with van der Waals surface area (Å²) in [4.78, 5) is 0. The van der Waals surface area contributed by atoms with Gasteiger partial charge in [-0.25, -0.2) is 0 Å². The maximum atomic E-state index is 5.36. The molecule has 0 aliphatic heterocycles. The maximum Gasteiger partial charge on any atom is 0.0828 e. The van der Waals surface area contributed by atoms with E-state index in [4.69, 9.17) is 14.2 Å². The molecular formula is C10H22O3S. The fraction of sp³-hybridized carbons (Fsp3) is 1.00. The van der Waals surface area contributed by atoms with Gasteiger partial charge >= 0.3 is 0 Å². The van der Waals surface area contributed by atoms with Gasteiger partial charge in [0, 0.05) is 19.8 Å². The highest BCUT2D eigenvalue weighted by molar-refractivity contribution is 7.81. The van der Waals surface area contributed by atoms with Crippen molar-refractivity contribution in [3.8, 4) is 0 Å². The summed E-state index contributed by atoms with van der Waals surface area (Å²) >= 11 is 4.55. The molecular weight excluding hydrogens is 200 g/mol. The number of thiol groups is 1. The van der Waals surface area contributed by atoms with Crippen LogP contribution < -0.4 is 0 Å². The lowest BCUT2D eigenvalue weighted by Crippen LogP contribution is -2.39. The average molecular weight is 222 g/mol. The zero-order valence-corrected chi connectivity index (χ0v) is 10.3. The van der Waals surface area contributed by atoms with Crippen LogP contribution in [-0.2, 0) is 14.2 Å². The van der Waals surface area contributed by atoms with Crippen LogP contribution in [0.25, 0.3) is 0 Å². The van der Waals surface area contributed by atoms with Crippen molar-refractivity contribution in [2.75, 3.05) is 39.6 Å². The lowest BCUT2D eigenvalue weighted by molar-refractivity contribution is 0.0203. The van der Waals surface area contributed by atoms with E-state index in [1.807, 2.05) is 20.8 Å². The molecule has 0 aromatic rings. The fourth-order valence-corrected chi connectivity index (χ4v) is 1.27. The van der Waals surface area contributed by atoms with E-state index in [9.17, 15) is 0 Å². The van der Waals surface area contributed by atoms with Crippen molar-refractivity contribution < 1.29 is 14.2 Å². The van der Waals surface area contributed by atoms with Crippen molar-refractivity contribution in [2.24, 2.45) is 0 Å². The molecule has 0 aromatic heterocycles. The van der Waals surface area contributed by atoms with Gasteiger partial charge in [-0.05, 0) is 20.8 Å². The minimum Gasteiger partial charge on any atom is -0.380 e. The molecule has 0 spiro atoms. The second kappa shape index (κ2) is 8.53. The molecule has 0 saturated carbocycles. The number of hydrogen-bond acceptors (Lipinski definition) is 4. The molecule has 0 fully saturated rings. The Balaban J connectivity index is 3.89. The SMILES string of the molecule is CCOCC(S)(COCC)COCC. The van der Waals surface area contributed by atoms with Gasteiger partial charge in [-0.1, -0.05) is 0 Å². The van der Waals surface area contributed by atoms with Crippen molar-refractivity contribution in [1.82, 2.24) is 0 Å².